The van der Waals surface area contributed by atoms with Crippen LogP contribution in [0, 0.1) is 6.92 Å². The quantitative estimate of drug-likeness (QED) is 0.791. The molecule has 0 aliphatic rings. The Hall–Kier alpha value is -1.03. The monoisotopic (exact) mass is 390 g/mol. The van der Waals surface area contributed by atoms with Gasteiger partial charge in [-0.15, -0.1) is 11.3 Å². The van der Waals surface area contributed by atoms with Gasteiger partial charge in [0, 0.05) is 28.6 Å². The van der Waals surface area contributed by atoms with Crippen LogP contribution in [0.3, 0.4) is 0 Å². The minimum absolute atomic E-state index is 0.126. The van der Waals surface area contributed by atoms with Crippen LogP contribution in [0.2, 0.25) is 0 Å². The molecule has 0 radical (unpaired) electrons. The van der Waals surface area contributed by atoms with E-state index < -0.39 is 10.0 Å². The van der Waals surface area contributed by atoms with Gasteiger partial charge in [0.15, 0.2) is 0 Å². The van der Waals surface area contributed by atoms with Crippen molar-refractivity contribution in [2.75, 3.05) is 11.9 Å². The molecule has 0 bridgehead atoms. The topological polar surface area (TPSA) is 84.0 Å². The molecule has 0 spiro atoms. The molecule has 2 rings (SSSR count). The summed E-state index contributed by atoms with van der Waals surface area (Å²) in [5.41, 5.74) is 2.53. The summed E-state index contributed by atoms with van der Waals surface area (Å²) in [6.45, 7) is 4.54. The van der Waals surface area contributed by atoms with Gasteiger partial charge >= 0.3 is 0 Å². The first kappa shape index (κ1) is 16.3. The number of nitrogens with zero attached hydrogens (tertiary/aromatic N) is 2. The molecule has 9 heteroatoms. The van der Waals surface area contributed by atoms with E-state index >= 15 is 0 Å². The summed E-state index contributed by atoms with van der Waals surface area (Å²) in [5.74, 6) is 0.342. The van der Waals surface area contributed by atoms with Crippen LogP contribution in [0.15, 0.2) is 27.1 Å². The number of aryl methyl sites for hydroxylation is 1. The van der Waals surface area contributed by atoms with Crippen LogP contribution in [-0.4, -0.2) is 24.9 Å². The zero-order valence-corrected chi connectivity index (χ0v) is 14.8. The van der Waals surface area contributed by atoms with Gasteiger partial charge in [0.2, 0.25) is 10.0 Å². The molecule has 2 heterocycles. The highest BCUT2D eigenvalue weighted by molar-refractivity contribution is 9.10. The summed E-state index contributed by atoms with van der Waals surface area (Å²) in [7, 11) is -3.65. The third kappa shape index (κ3) is 4.00. The highest BCUT2D eigenvalue weighted by Gasteiger charge is 2.20. The lowest BCUT2D eigenvalue weighted by atomic mass is 10.4. The van der Waals surface area contributed by atoms with E-state index in [-0.39, 0.29) is 11.4 Å². The van der Waals surface area contributed by atoms with Gasteiger partial charge in [0.1, 0.15) is 10.7 Å². The third-order valence-electron chi connectivity index (χ3n) is 2.72. The molecule has 2 N–H and O–H groups in total. The van der Waals surface area contributed by atoms with Crippen molar-refractivity contribution >= 4 is 43.1 Å². The Morgan fingerprint density at radius 3 is 2.76 bits per heavy atom. The van der Waals surface area contributed by atoms with Crippen molar-refractivity contribution < 1.29 is 8.42 Å². The Morgan fingerprint density at radius 1 is 1.38 bits per heavy atom. The molecule has 0 amide bonds. The summed E-state index contributed by atoms with van der Waals surface area (Å²) in [6, 6.07) is 1.53. The smallest absolute Gasteiger partial charge is 0.244 e. The highest BCUT2D eigenvalue weighted by atomic mass is 79.9. The van der Waals surface area contributed by atoms with Crippen molar-refractivity contribution in [3.05, 3.63) is 32.8 Å². The molecular weight excluding hydrogens is 376 g/mol. The maximum atomic E-state index is 12.5. The zero-order chi connectivity index (χ0) is 15.5. The first-order chi connectivity index (χ1) is 9.94. The van der Waals surface area contributed by atoms with Gasteiger partial charge in [0.25, 0.3) is 0 Å². The average Bonchev–Trinajstić information content (AvgIpc) is 2.84. The normalized spacial score (nSPS) is 11.6. The van der Waals surface area contributed by atoms with Gasteiger partial charge in [-0.05, 0) is 35.8 Å². The van der Waals surface area contributed by atoms with Crippen LogP contribution < -0.4 is 10.0 Å². The Morgan fingerprint density at radius 2 is 2.14 bits per heavy atom. The van der Waals surface area contributed by atoms with E-state index in [1.807, 2.05) is 13.8 Å². The van der Waals surface area contributed by atoms with Gasteiger partial charge in [-0.25, -0.2) is 23.1 Å². The number of rotatable bonds is 6. The molecule has 2 aromatic rings. The van der Waals surface area contributed by atoms with Gasteiger partial charge < -0.3 is 5.32 Å². The largest absolute Gasteiger partial charge is 0.369 e. The third-order valence-corrected chi connectivity index (χ3v) is 5.50. The lowest BCUT2D eigenvalue weighted by molar-refractivity contribution is 0.581. The van der Waals surface area contributed by atoms with Crippen LogP contribution in [0.1, 0.15) is 17.5 Å². The number of nitrogens with one attached hydrogen (secondary N) is 2. The molecule has 0 aliphatic carbocycles. The second-order valence-electron chi connectivity index (χ2n) is 4.22. The van der Waals surface area contributed by atoms with Crippen molar-refractivity contribution in [2.45, 2.75) is 25.3 Å². The van der Waals surface area contributed by atoms with Crippen molar-refractivity contribution in [1.82, 2.24) is 14.7 Å². The predicted molar refractivity (Wildman–Crippen MR) is 87.0 cm³/mol. The maximum Gasteiger partial charge on any atom is 0.244 e. The molecule has 0 saturated carbocycles. The van der Waals surface area contributed by atoms with E-state index in [4.69, 9.17) is 0 Å². The Kier molecular flexibility index (Phi) is 5.31. The number of anilines is 1. The van der Waals surface area contributed by atoms with E-state index in [1.165, 1.54) is 17.4 Å². The van der Waals surface area contributed by atoms with Crippen LogP contribution in [-0.2, 0) is 16.6 Å². The second-order valence-corrected chi connectivity index (χ2v) is 7.81. The SMILES string of the molecule is CCNc1ncc(Br)cc1S(=O)(=O)NCc1scnc1C. The second kappa shape index (κ2) is 6.82. The number of hydrogen-bond acceptors (Lipinski definition) is 6. The minimum Gasteiger partial charge on any atom is -0.369 e. The van der Waals surface area contributed by atoms with E-state index in [0.29, 0.717) is 16.8 Å². The molecule has 0 aromatic carbocycles. The zero-order valence-electron chi connectivity index (χ0n) is 11.6. The number of thiazole rings is 1. The number of sulfonamides is 1. The Labute approximate surface area is 136 Å². The summed E-state index contributed by atoms with van der Waals surface area (Å²) >= 11 is 4.68. The van der Waals surface area contributed by atoms with Crippen molar-refractivity contribution in [2.24, 2.45) is 0 Å². The summed E-state index contributed by atoms with van der Waals surface area (Å²) < 4.78 is 28.1. The Bertz CT molecular complexity index is 731. The number of pyridine rings is 1. The number of halogens is 1. The standard InChI is InChI=1S/C12H15BrN4O2S2/c1-3-14-12-11(4-9(13)5-15-12)21(18,19)17-6-10-8(2)16-7-20-10/h4-5,7,17H,3,6H2,1-2H3,(H,14,15). The van der Waals surface area contributed by atoms with E-state index in [0.717, 1.165) is 10.6 Å². The summed E-state index contributed by atoms with van der Waals surface area (Å²) in [6.07, 6.45) is 1.56. The van der Waals surface area contributed by atoms with E-state index in [2.05, 4.69) is 35.9 Å². The molecule has 21 heavy (non-hydrogen) atoms. The van der Waals surface area contributed by atoms with Crippen LogP contribution in [0.25, 0.3) is 0 Å². The molecular formula is C12H15BrN4O2S2. The van der Waals surface area contributed by atoms with Crippen molar-refractivity contribution in [3.8, 4) is 0 Å². The first-order valence-corrected chi connectivity index (χ1v) is 9.37. The summed E-state index contributed by atoms with van der Waals surface area (Å²) in [4.78, 5) is 9.23. The first-order valence-electron chi connectivity index (χ1n) is 6.22. The molecule has 2 aromatic heterocycles. The van der Waals surface area contributed by atoms with Gasteiger partial charge in [-0.1, -0.05) is 0 Å². The van der Waals surface area contributed by atoms with Gasteiger partial charge in [-0.2, -0.15) is 0 Å². The molecule has 0 atom stereocenters. The minimum atomic E-state index is -3.65. The highest BCUT2D eigenvalue weighted by Crippen LogP contribution is 2.23. The Balaban J connectivity index is 2.26. The molecule has 0 unspecified atom stereocenters. The predicted octanol–water partition coefficient (Wildman–Crippen LogP) is 2.52. The van der Waals surface area contributed by atoms with E-state index in [1.54, 1.807) is 11.7 Å². The summed E-state index contributed by atoms with van der Waals surface area (Å²) in [5, 5.41) is 2.95. The van der Waals surface area contributed by atoms with Gasteiger partial charge in [0.05, 0.1) is 11.2 Å². The lowest BCUT2D eigenvalue weighted by Gasteiger charge is -2.11. The van der Waals surface area contributed by atoms with Crippen molar-refractivity contribution in [3.63, 3.8) is 0 Å². The maximum absolute atomic E-state index is 12.5. The number of aromatic nitrogens is 2. The fraction of sp³-hybridized carbons (Fsp3) is 0.333. The van der Waals surface area contributed by atoms with Crippen LogP contribution in [0.4, 0.5) is 5.82 Å². The molecule has 0 saturated heterocycles. The van der Waals surface area contributed by atoms with E-state index in [9.17, 15) is 8.42 Å². The molecule has 114 valence electrons. The average molecular weight is 391 g/mol. The van der Waals surface area contributed by atoms with Crippen molar-refractivity contribution in [1.29, 1.82) is 0 Å². The van der Waals surface area contributed by atoms with Crippen LogP contribution >= 0.6 is 27.3 Å². The fourth-order valence-corrected chi connectivity index (χ4v) is 4.10. The fourth-order valence-electron chi connectivity index (χ4n) is 1.66. The van der Waals surface area contributed by atoms with Gasteiger partial charge in [-0.3, -0.25) is 0 Å². The molecule has 0 fully saturated rings. The van der Waals surface area contributed by atoms with Crippen LogP contribution in [0.5, 0.6) is 0 Å². The molecule has 6 nitrogen and oxygen atoms in total. The number of hydrogen-bond donors (Lipinski definition) is 2. The molecule has 0 aliphatic heterocycles. The lowest BCUT2D eigenvalue weighted by Crippen LogP contribution is -2.24.